The first-order valence-corrected chi connectivity index (χ1v) is 7.54. The molecule has 1 aliphatic heterocycles. The molecule has 1 saturated heterocycles. The van der Waals surface area contributed by atoms with Gasteiger partial charge in [-0.3, -0.25) is 9.69 Å². The highest BCUT2D eigenvalue weighted by Crippen LogP contribution is 2.13. The van der Waals surface area contributed by atoms with Crippen molar-refractivity contribution >= 4 is 17.7 Å². The molecule has 0 aliphatic carbocycles. The fraction of sp³-hybridized carbons (Fsp3) is 0.917. The van der Waals surface area contributed by atoms with Crippen molar-refractivity contribution in [3.8, 4) is 0 Å². The number of ether oxygens (including phenoxy) is 1. The molecule has 18 heavy (non-hydrogen) atoms. The maximum Gasteiger partial charge on any atom is 0.321 e. The van der Waals surface area contributed by atoms with Crippen LogP contribution in [0.4, 0.5) is 0 Å². The Hall–Kier alpha value is -0.300. The molecule has 0 spiro atoms. The van der Waals surface area contributed by atoms with Crippen LogP contribution in [0.2, 0.25) is 0 Å². The van der Waals surface area contributed by atoms with E-state index in [1.807, 2.05) is 0 Å². The molecule has 106 valence electrons. The summed E-state index contributed by atoms with van der Waals surface area (Å²) in [5.41, 5.74) is 5.45. The number of hydrogen-bond acceptors (Lipinski definition) is 5. The summed E-state index contributed by atoms with van der Waals surface area (Å²) in [5, 5.41) is 8.68. The number of thioether (sulfide) groups is 1. The number of carboxylic acids is 1. The third kappa shape index (κ3) is 6.04. The van der Waals surface area contributed by atoms with Crippen LogP contribution in [0.5, 0.6) is 0 Å². The molecule has 1 rings (SSSR count). The minimum atomic E-state index is -0.937. The highest BCUT2D eigenvalue weighted by molar-refractivity contribution is 7.99. The Labute approximate surface area is 113 Å². The fourth-order valence-electron chi connectivity index (χ4n) is 1.96. The molecule has 6 heteroatoms. The predicted molar refractivity (Wildman–Crippen MR) is 74.0 cm³/mol. The van der Waals surface area contributed by atoms with E-state index in [-0.39, 0.29) is 6.10 Å². The first kappa shape index (κ1) is 15.8. The van der Waals surface area contributed by atoms with E-state index in [0.717, 1.165) is 32.0 Å². The molecule has 2 atom stereocenters. The van der Waals surface area contributed by atoms with E-state index >= 15 is 0 Å². The van der Waals surface area contributed by atoms with E-state index < -0.39 is 12.0 Å². The summed E-state index contributed by atoms with van der Waals surface area (Å²) in [6.45, 7) is 8.22. The smallest absolute Gasteiger partial charge is 0.321 e. The highest BCUT2D eigenvalue weighted by Gasteiger charge is 2.21. The van der Waals surface area contributed by atoms with Crippen molar-refractivity contribution in [3.63, 3.8) is 0 Å². The predicted octanol–water partition coefficient (Wildman–Crippen LogP) is 0.488. The van der Waals surface area contributed by atoms with Gasteiger partial charge in [0.15, 0.2) is 0 Å². The van der Waals surface area contributed by atoms with Crippen LogP contribution in [0.1, 0.15) is 13.8 Å². The fourth-order valence-corrected chi connectivity index (χ4v) is 2.96. The number of morpholine rings is 1. The average Bonchev–Trinajstić information content (AvgIpc) is 2.28. The highest BCUT2D eigenvalue weighted by atomic mass is 32.2. The second-order valence-corrected chi connectivity index (χ2v) is 6.20. The van der Waals surface area contributed by atoms with Gasteiger partial charge in [0.25, 0.3) is 0 Å². The van der Waals surface area contributed by atoms with Gasteiger partial charge in [-0.15, -0.1) is 0 Å². The van der Waals surface area contributed by atoms with E-state index in [2.05, 4.69) is 18.7 Å². The van der Waals surface area contributed by atoms with Gasteiger partial charge in [-0.1, -0.05) is 13.8 Å². The van der Waals surface area contributed by atoms with Gasteiger partial charge in [0.1, 0.15) is 6.04 Å². The van der Waals surface area contributed by atoms with Gasteiger partial charge in [0, 0.05) is 31.1 Å². The van der Waals surface area contributed by atoms with Crippen molar-refractivity contribution in [1.82, 2.24) is 4.90 Å². The van der Waals surface area contributed by atoms with E-state index in [9.17, 15) is 4.79 Å². The molecule has 0 amide bonds. The summed E-state index contributed by atoms with van der Waals surface area (Å²) < 4.78 is 5.68. The third-order valence-corrected chi connectivity index (χ3v) is 3.97. The Morgan fingerprint density at radius 2 is 2.33 bits per heavy atom. The zero-order valence-corrected chi connectivity index (χ0v) is 12.0. The van der Waals surface area contributed by atoms with Crippen LogP contribution in [-0.2, 0) is 9.53 Å². The van der Waals surface area contributed by atoms with Crippen molar-refractivity contribution in [1.29, 1.82) is 0 Å². The minimum Gasteiger partial charge on any atom is -0.480 e. The maximum atomic E-state index is 10.6. The molecule has 0 aromatic heterocycles. The molecule has 0 aromatic rings. The molecule has 5 nitrogen and oxygen atoms in total. The van der Waals surface area contributed by atoms with E-state index in [4.69, 9.17) is 15.6 Å². The lowest BCUT2D eigenvalue weighted by atomic mass is 10.2. The quantitative estimate of drug-likeness (QED) is 0.705. The van der Waals surface area contributed by atoms with E-state index in [0.29, 0.717) is 11.7 Å². The number of rotatable bonds is 7. The summed E-state index contributed by atoms with van der Waals surface area (Å²) in [6, 6.07) is -0.773. The van der Waals surface area contributed by atoms with Gasteiger partial charge in [0.2, 0.25) is 0 Å². The number of carboxylic acid groups (broad SMARTS) is 1. The number of hydrogen-bond donors (Lipinski definition) is 2. The Balaban J connectivity index is 2.20. The molecule has 0 bridgehead atoms. The number of nitrogens with zero attached hydrogens (tertiary/aromatic N) is 1. The third-order valence-electron chi connectivity index (χ3n) is 2.76. The SMILES string of the molecule is CC(C)CN1CCOC(CSCC(N)C(=O)O)C1. The van der Waals surface area contributed by atoms with Gasteiger partial charge in [-0.25, -0.2) is 0 Å². The van der Waals surface area contributed by atoms with Gasteiger partial charge in [-0.05, 0) is 5.92 Å². The number of carbonyl (C=O) groups is 1. The molecular weight excluding hydrogens is 252 g/mol. The second-order valence-electron chi connectivity index (χ2n) is 5.13. The lowest BCUT2D eigenvalue weighted by Gasteiger charge is -2.33. The lowest BCUT2D eigenvalue weighted by molar-refractivity contribution is -0.137. The summed E-state index contributed by atoms with van der Waals surface area (Å²) >= 11 is 1.56. The van der Waals surface area contributed by atoms with Gasteiger partial charge in [-0.2, -0.15) is 11.8 Å². The first-order valence-electron chi connectivity index (χ1n) is 6.39. The number of nitrogens with two attached hydrogens (primary N) is 1. The minimum absolute atomic E-state index is 0.198. The largest absolute Gasteiger partial charge is 0.480 e. The Morgan fingerprint density at radius 3 is 2.94 bits per heavy atom. The molecular formula is C12H24N2O3S. The van der Waals surface area contributed by atoms with E-state index in [1.54, 1.807) is 11.8 Å². The van der Waals surface area contributed by atoms with E-state index in [1.165, 1.54) is 0 Å². The summed E-state index contributed by atoms with van der Waals surface area (Å²) in [7, 11) is 0. The van der Waals surface area contributed by atoms with Gasteiger partial charge < -0.3 is 15.6 Å². The normalized spacial score (nSPS) is 23.2. The monoisotopic (exact) mass is 276 g/mol. The zero-order valence-electron chi connectivity index (χ0n) is 11.2. The van der Waals surface area contributed by atoms with Crippen LogP contribution in [0.15, 0.2) is 0 Å². The van der Waals surface area contributed by atoms with Crippen molar-refractivity contribution in [3.05, 3.63) is 0 Å². The first-order chi connectivity index (χ1) is 8.49. The second kappa shape index (κ2) is 7.99. The molecule has 0 aromatic carbocycles. The molecule has 1 heterocycles. The summed E-state index contributed by atoms with van der Waals surface area (Å²) in [5.74, 6) is 0.986. The maximum absolute atomic E-state index is 10.6. The van der Waals surface area contributed by atoms with Crippen LogP contribution < -0.4 is 5.73 Å². The van der Waals surface area contributed by atoms with Crippen molar-refractivity contribution in [2.45, 2.75) is 26.0 Å². The van der Waals surface area contributed by atoms with Crippen LogP contribution in [0.3, 0.4) is 0 Å². The average molecular weight is 276 g/mol. The summed E-state index contributed by atoms with van der Waals surface area (Å²) in [4.78, 5) is 13.0. The Morgan fingerprint density at radius 1 is 1.61 bits per heavy atom. The lowest BCUT2D eigenvalue weighted by Crippen LogP contribution is -2.45. The number of aliphatic carboxylic acids is 1. The standard InChI is InChI=1S/C12H24N2O3S/c1-9(2)5-14-3-4-17-10(6-14)7-18-8-11(13)12(15)16/h9-11H,3-8,13H2,1-2H3,(H,15,16). The van der Waals surface area contributed by atoms with Crippen LogP contribution in [0, 0.1) is 5.92 Å². The molecule has 1 aliphatic rings. The van der Waals surface area contributed by atoms with Gasteiger partial charge in [0.05, 0.1) is 12.7 Å². The van der Waals surface area contributed by atoms with Crippen molar-refractivity contribution in [2.75, 3.05) is 37.7 Å². The topological polar surface area (TPSA) is 75.8 Å². The molecule has 1 fully saturated rings. The van der Waals surface area contributed by atoms with Crippen LogP contribution in [-0.4, -0.2) is 65.9 Å². The Bertz CT molecular complexity index is 264. The zero-order chi connectivity index (χ0) is 13.5. The molecule has 0 saturated carbocycles. The van der Waals surface area contributed by atoms with Gasteiger partial charge >= 0.3 is 5.97 Å². The summed E-state index contributed by atoms with van der Waals surface area (Å²) in [6.07, 6.45) is 0.198. The molecule has 2 unspecified atom stereocenters. The van der Waals surface area contributed by atoms with Crippen molar-refractivity contribution < 1.29 is 14.6 Å². The Kier molecular flexibility index (Phi) is 6.99. The van der Waals surface area contributed by atoms with Crippen molar-refractivity contribution in [2.24, 2.45) is 11.7 Å². The van der Waals surface area contributed by atoms with Crippen LogP contribution >= 0.6 is 11.8 Å². The molecule has 0 radical (unpaired) electrons. The van der Waals surface area contributed by atoms with Crippen LogP contribution in [0.25, 0.3) is 0 Å². The molecule has 3 N–H and O–H groups in total.